The van der Waals surface area contributed by atoms with Gasteiger partial charge in [-0.2, -0.15) is 0 Å². The second-order valence-corrected chi connectivity index (χ2v) is 8.32. The molecule has 1 aromatic heterocycles. The van der Waals surface area contributed by atoms with Crippen LogP contribution in [-0.2, 0) is 6.54 Å². The molecule has 0 aliphatic carbocycles. The minimum atomic E-state index is -0.266. The Morgan fingerprint density at radius 3 is 2.35 bits per heavy atom. The van der Waals surface area contributed by atoms with Crippen molar-refractivity contribution in [1.82, 2.24) is 10.3 Å². The molecule has 188 valence electrons. The van der Waals surface area contributed by atoms with Gasteiger partial charge in [0.05, 0.1) is 25.6 Å². The van der Waals surface area contributed by atoms with E-state index in [1.54, 1.807) is 74.1 Å². The van der Waals surface area contributed by atoms with Crippen LogP contribution in [0, 0.1) is 6.92 Å². The number of nitrogen functional groups attached to an aromatic ring is 1. The normalized spacial score (nSPS) is 10.5. The van der Waals surface area contributed by atoms with Crippen molar-refractivity contribution in [3.8, 4) is 22.6 Å². The fraction of sp³-hybridized carbons (Fsp3) is 0.138. The van der Waals surface area contributed by atoms with Crippen LogP contribution in [-0.4, -0.2) is 31.0 Å². The summed E-state index contributed by atoms with van der Waals surface area (Å²) in [5.41, 5.74) is 11.0. The van der Waals surface area contributed by atoms with Gasteiger partial charge < -0.3 is 25.8 Å². The van der Waals surface area contributed by atoms with Crippen molar-refractivity contribution in [2.75, 3.05) is 25.3 Å². The van der Waals surface area contributed by atoms with Crippen LogP contribution < -0.4 is 25.8 Å². The lowest BCUT2D eigenvalue weighted by Gasteiger charge is -2.19. The molecule has 8 heteroatoms. The zero-order chi connectivity index (χ0) is 26.4. The Kier molecular flexibility index (Phi) is 7.68. The molecule has 4 rings (SSSR count). The number of para-hydroxylation sites is 2. The van der Waals surface area contributed by atoms with Crippen LogP contribution in [0.3, 0.4) is 0 Å². The van der Waals surface area contributed by atoms with Gasteiger partial charge in [0.1, 0.15) is 0 Å². The summed E-state index contributed by atoms with van der Waals surface area (Å²) >= 11 is 0. The van der Waals surface area contributed by atoms with Crippen LogP contribution in [0.25, 0.3) is 11.1 Å². The molecule has 0 atom stereocenters. The number of carbonyl (C=O) groups excluding carboxylic acids is 2. The van der Waals surface area contributed by atoms with Crippen LogP contribution in [0.1, 0.15) is 31.8 Å². The molecule has 1 heterocycles. The summed E-state index contributed by atoms with van der Waals surface area (Å²) in [6.45, 7) is 2.15. The molecule has 0 aliphatic rings. The molecule has 0 fully saturated rings. The smallest absolute Gasteiger partial charge is 0.255 e. The van der Waals surface area contributed by atoms with Gasteiger partial charge in [0, 0.05) is 41.2 Å². The van der Waals surface area contributed by atoms with Gasteiger partial charge in [-0.05, 0) is 54.4 Å². The topological polar surface area (TPSA) is 116 Å². The highest BCUT2D eigenvalue weighted by atomic mass is 16.5. The summed E-state index contributed by atoms with van der Waals surface area (Å²) in [4.78, 5) is 30.0. The van der Waals surface area contributed by atoms with Crippen LogP contribution in [0.4, 0.5) is 11.4 Å². The van der Waals surface area contributed by atoms with Crippen molar-refractivity contribution in [3.63, 3.8) is 0 Å². The highest BCUT2D eigenvalue weighted by molar-refractivity contribution is 6.05. The van der Waals surface area contributed by atoms with E-state index in [0.717, 1.165) is 22.3 Å². The van der Waals surface area contributed by atoms with E-state index in [-0.39, 0.29) is 18.4 Å². The molecule has 0 bridgehead atoms. The monoisotopic (exact) mass is 496 g/mol. The number of pyridine rings is 1. The van der Waals surface area contributed by atoms with E-state index in [9.17, 15) is 9.59 Å². The number of anilines is 2. The molecule has 0 saturated carbocycles. The SMILES string of the molecule is COc1cc(C(=O)NCc2ccc(C(=O)Nc3ccccc3N)cc2)c(C)c(-c2cccnc2)c1OC. The predicted molar refractivity (Wildman–Crippen MR) is 144 cm³/mol. The van der Waals surface area contributed by atoms with E-state index in [2.05, 4.69) is 15.6 Å². The Bertz CT molecular complexity index is 1420. The van der Waals surface area contributed by atoms with Gasteiger partial charge in [0.25, 0.3) is 11.8 Å². The van der Waals surface area contributed by atoms with Gasteiger partial charge in [0.2, 0.25) is 0 Å². The minimum absolute atomic E-state index is 0.259. The second kappa shape index (κ2) is 11.3. The maximum atomic E-state index is 13.2. The van der Waals surface area contributed by atoms with Crippen LogP contribution in [0.15, 0.2) is 79.1 Å². The van der Waals surface area contributed by atoms with Crippen LogP contribution >= 0.6 is 0 Å². The van der Waals surface area contributed by atoms with Gasteiger partial charge >= 0.3 is 0 Å². The third-order valence-corrected chi connectivity index (χ3v) is 6.00. The number of hydrogen-bond donors (Lipinski definition) is 3. The van der Waals surface area contributed by atoms with Crippen molar-refractivity contribution in [1.29, 1.82) is 0 Å². The van der Waals surface area contributed by atoms with Crippen molar-refractivity contribution in [2.45, 2.75) is 13.5 Å². The summed E-state index contributed by atoms with van der Waals surface area (Å²) in [6, 6.07) is 19.5. The number of hydrogen-bond acceptors (Lipinski definition) is 6. The molecule has 4 aromatic rings. The highest BCUT2D eigenvalue weighted by Crippen LogP contribution is 2.42. The van der Waals surface area contributed by atoms with Crippen molar-refractivity contribution >= 4 is 23.2 Å². The number of amides is 2. The number of ether oxygens (including phenoxy) is 2. The Morgan fingerprint density at radius 1 is 0.946 bits per heavy atom. The van der Waals surface area contributed by atoms with Crippen LogP contribution in [0.5, 0.6) is 11.5 Å². The molecule has 0 radical (unpaired) electrons. The Labute approximate surface area is 215 Å². The molecular weight excluding hydrogens is 468 g/mol. The lowest BCUT2D eigenvalue weighted by Crippen LogP contribution is -2.24. The first-order valence-electron chi connectivity index (χ1n) is 11.6. The van der Waals surface area contributed by atoms with Gasteiger partial charge in [-0.15, -0.1) is 0 Å². The third kappa shape index (κ3) is 5.54. The van der Waals surface area contributed by atoms with Crippen molar-refractivity contribution in [3.05, 3.63) is 101 Å². The van der Waals surface area contributed by atoms with E-state index < -0.39 is 0 Å². The third-order valence-electron chi connectivity index (χ3n) is 6.00. The van der Waals surface area contributed by atoms with E-state index in [0.29, 0.717) is 34.0 Å². The van der Waals surface area contributed by atoms with E-state index >= 15 is 0 Å². The largest absolute Gasteiger partial charge is 0.493 e. The summed E-state index contributed by atoms with van der Waals surface area (Å²) < 4.78 is 11.1. The zero-order valence-corrected chi connectivity index (χ0v) is 20.9. The Hall–Kier alpha value is -4.85. The summed E-state index contributed by atoms with van der Waals surface area (Å²) in [6.07, 6.45) is 3.40. The maximum absolute atomic E-state index is 13.2. The van der Waals surface area contributed by atoms with E-state index in [4.69, 9.17) is 15.2 Å². The van der Waals surface area contributed by atoms with E-state index in [1.165, 1.54) is 7.11 Å². The number of methoxy groups -OCH3 is 2. The summed E-state index contributed by atoms with van der Waals surface area (Å²) in [5, 5.41) is 5.75. The molecular formula is C29H28N4O4. The van der Waals surface area contributed by atoms with Gasteiger partial charge in [-0.3, -0.25) is 14.6 Å². The summed E-state index contributed by atoms with van der Waals surface area (Å²) in [5.74, 6) is 0.463. The fourth-order valence-electron chi connectivity index (χ4n) is 4.04. The lowest BCUT2D eigenvalue weighted by atomic mass is 9.95. The Balaban J connectivity index is 1.50. The second-order valence-electron chi connectivity index (χ2n) is 8.32. The number of aromatic nitrogens is 1. The zero-order valence-electron chi connectivity index (χ0n) is 20.9. The first-order chi connectivity index (χ1) is 17.9. The molecule has 8 nitrogen and oxygen atoms in total. The maximum Gasteiger partial charge on any atom is 0.255 e. The van der Waals surface area contributed by atoms with Crippen LogP contribution in [0.2, 0.25) is 0 Å². The van der Waals surface area contributed by atoms with Crippen molar-refractivity contribution < 1.29 is 19.1 Å². The minimum Gasteiger partial charge on any atom is -0.493 e. The number of rotatable bonds is 8. The molecule has 3 aromatic carbocycles. The molecule has 2 amide bonds. The lowest BCUT2D eigenvalue weighted by molar-refractivity contribution is 0.0948. The predicted octanol–water partition coefficient (Wildman–Crippen LogP) is 4.84. The van der Waals surface area contributed by atoms with Gasteiger partial charge in [-0.1, -0.05) is 30.3 Å². The van der Waals surface area contributed by atoms with E-state index in [1.807, 2.05) is 19.1 Å². The number of nitrogens with one attached hydrogen (secondary N) is 2. The number of carbonyl (C=O) groups is 2. The number of benzene rings is 3. The summed E-state index contributed by atoms with van der Waals surface area (Å²) in [7, 11) is 3.10. The first kappa shape index (κ1) is 25.2. The standard InChI is InChI=1S/C29H28N4O4/c1-18-22(15-25(36-2)27(37-3)26(18)21-7-6-14-31-17-21)29(35)32-16-19-10-12-20(13-11-19)28(34)33-24-9-5-4-8-23(24)30/h4-15,17H,16,30H2,1-3H3,(H,32,35)(H,33,34). The average molecular weight is 497 g/mol. The van der Waals surface area contributed by atoms with Gasteiger partial charge in [-0.25, -0.2) is 0 Å². The fourth-order valence-corrected chi connectivity index (χ4v) is 4.04. The quantitative estimate of drug-likeness (QED) is 0.301. The molecule has 4 N–H and O–H groups in total. The molecule has 0 aliphatic heterocycles. The first-order valence-corrected chi connectivity index (χ1v) is 11.6. The molecule has 0 unspecified atom stereocenters. The highest BCUT2D eigenvalue weighted by Gasteiger charge is 2.22. The van der Waals surface area contributed by atoms with Gasteiger partial charge in [0.15, 0.2) is 11.5 Å². The molecule has 0 spiro atoms. The average Bonchev–Trinajstić information content (AvgIpc) is 2.93. The molecule has 0 saturated heterocycles. The van der Waals surface area contributed by atoms with Crippen molar-refractivity contribution in [2.24, 2.45) is 0 Å². The molecule has 37 heavy (non-hydrogen) atoms. The number of nitrogens with zero attached hydrogens (tertiary/aromatic N) is 1. The Morgan fingerprint density at radius 2 is 1.70 bits per heavy atom. The number of nitrogens with two attached hydrogens (primary N) is 1.